The molecule has 0 unspecified atom stereocenters. The number of hydrogen-bond donors (Lipinski definition) is 6. The summed E-state index contributed by atoms with van der Waals surface area (Å²) in [6.07, 6.45) is -5.08. The van der Waals surface area contributed by atoms with Crippen LogP contribution < -0.4 is 32.0 Å². The zero-order valence-corrected chi connectivity index (χ0v) is 22.9. The lowest BCUT2D eigenvalue weighted by Gasteiger charge is -2.09. The second kappa shape index (κ2) is 14.8. The smallest absolute Gasteiger partial charge is 0.489 e. The van der Waals surface area contributed by atoms with Crippen LogP contribution in [0.5, 0.6) is 5.75 Å². The molecule has 0 radical (unpaired) electrons. The number of rotatable bonds is 9. The molecule has 0 saturated heterocycles. The van der Waals surface area contributed by atoms with E-state index in [0.29, 0.717) is 12.4 Å². The average Bonchev–Trinajstić information content (AvgIpc) is 2.92. The van der Waals surface area contributed by atoms with E-state index in [9.17, 15) is 26.4 Å². The van der Waals surface area contributed by atoms with E-state index in [1.54, 1.807) is 12.1 Å². The molecule has 9 N–H and O–H groups in total. The molecule has 1 aromatic heterocycles. The first-order valence-electron chi connectivity index (χ1n) is 11.4. The van der Waals surface area contributed by atoms with Gasteiger partial charge in [-0.25, -0.2) is 27.9 Å². The molecule has 14 nitrogen and oxygen atoms in total. The van der Waals surface area contributed by atoms with Crippen molar-refractivity contribution in [1.29, 1.82) is 0 Å². The van der Waals surface area contributed by atoms with Gasteiger partial charge in [0.05, 0.1) is 11.4 Å². The molecule has 3 rings (SSSR count). The number of alkyl halides is 3. The molecule has 0 aliphatic rings. The van der Waals surface area contributed by atoms with Crippen LogP contribution in [0.1, 0.15) is 16.1 Å². The predicted octanol–water partition coefficient (Wildman–Crippen LogP) is 1.53. The summed E-state index contributed by atoms with van der Waals surface area (Å²) in [6, 6.07) is 15.6. The van der Waals surface area contributed by atoms with Crippen molar-refractivity contribution in [3.63, 3.8) is 0 Å². The maximum absolute atomic E-state index is 12.5. The van der Waals surface area contributed by atoms with E-state index in [1.165, 1.54) is 12.1 Å². The minimum atomic E-state index is -5.08. The van der Waals surface area contributed by atoms with Gasteiger partial charge in [0.15, 0.2) is 28.4 Å². The monoisotopic (exact) mass is 632 g/mol. The van der Waals surface area contributed by atoms with Crippen LogP contribution in [-0.2, 0) is 21.4 Å². The van der Waals surface area contributed by atoms with E-state index in [1.807, 2.05) is 30.3 Å². The Balaban J connectivity index is 0.000000782. The summed E-state index contributed by atoms with van der Waals surface area (Å²) in [6.45, 7) is 0.250. The van der Waals surface area contributed by atoms with Crippen LogP contribution in [-0.4, -0.2) is 60.6 Å². The van der Waals surface area contributed by atoms with Gasteiger partial charge in [0.2, 0.25) is 10.0 Å². The van der Waals surface area contributed by atoms with Crippen LogP contribution in [0.15, 0.2) is 64.5 Å². The number of halogens is 4. The second-order valence-electron chi connectivity index (χ2n) is 7.80. The molecule has 19 heteroatoms. The highest BCUT2D eigenvalue weighted by molar-refractivity contribution is 7.89. The van der Waals surface area contributed by atoms with Crippen LogP contribution in [0.25, 0.3) is 0 Å². The number of guanidine groups is 1. The first kappa shape index (κ1) is 33.5. The number of carbonyl (C=O) groups excluding carboxylic acids is 1. The minimum Gasteiger partial charge on any atom is -0.489 e. The summed E-state index contributed by atoms with van der Waals surface area (Å²) in [5.41, 5.74) is 17.4. The molecule has 0 aliphatic heterocycles. The van der Waals surface area contributed by atoms with Gasteiger partial charge < -0.3 is 27.0 Å². The van der Waals surface area contributed by atoms with E-state index in [-0.39, 0.29) is 46.4 Å². The molecule has 0 fully saturated rings. The van der Waals surface area contributed by atoms with E-state index in [2.05, 4.69) is 25.0 Å². The molecular weight excluding hydrogens is 609 g/mol. The van der Waals surface area contributed by atoms with Crippen molar-refractivity contribution in [1.82, 2.24) is 20.0 Å². The number of hydrogen-bond acceptors (Lipinski definition) is 10. The number of aliphatic carboxylic acids is 1. The summed E-state index contributed by atoms with van der Waals surface area (Å²) >= 11 is 5.74. The van der Waals surface area contributed by atoms with Gasteiger partial charge in [-0.3, -0.25) is 15.1 Å². The molecule has 3 aromatic rings. The third kappa shape index (κ3) is 10.7. The third-order valence-corrected chi connectivity index (χ3v) is 6.43. The lowest BCUT2D eigenvalue weighted by Crippen LogP contribution is -2.38. The van der Waals surface area contributed by atoms with Gasteiger partial charge in [-0.2, -0.15) is 13.2 Å². The standard InChI is InChI=1S/C21H23ClN8O4S.C2HF3O2/c22-17-19(24)29-18(23)16(28-17)20(31)30-21(25)26-10-11-27-35(32,33)15-8-6-14(7-9-15)34-12-13-4-2-1-3-5-13;3-2(4,5)1(6)7/h1-9,27H,10-12H2,(H4,23,24,29)(H3,25,26,30,31);(H,6,7). The second-order valence-corrected chi connectivity index (χ2v) is 9.93. The van der Waals surface area contributed by atoms with Gasteiger partial charge in [0, 0.05) is 6.54 Å². The summed E-state index contributed by atoms with van der Waals surface area (Å²) in [7, 11) is -3.79. The van der Waals surface area contributed by atoms with E-state index in [0.717, 1.165) is 5.56 Å². The number of nitrogen functional groups attached to an aromatic ring is 2. The molecule has 1 heterocycles. The topological polar surface area (TPSA) is 238 Å². The first-order valence-corrected chi connectivity index (χ1v) is 13.2. The van der Waals surface area contributed by atoms with Gasteiger partial charge in [-0.05, 0) is 29.8 Å². The fourth-order valence-corrected chi connectivity index (χ4v) is 3.87. The van der Waals surface area contributed by atoms with Gasteiger partial charge in [-0.1, -0.05) is 41.9 Å². The van der Waals surface area contributed by atoms with Crippen molar-refractivity contribution in [3.8, 4) is 5.75 Å². The molecule has 1 amide bonds. The van der Waals surface area contributed by atoms with Crippen LogP contribution in [0.4, 0.5) is 24.8 Å². The zero-order valence-electron chi connectivity index (χ0n) is 21.3. The number of benzene rings is 2. The average molecular weight is 633 g/mol. The maximum atomic E-state index is 12.5. The lowest BCUT2D eigenvalue weighted by atomic mass is 10.2. The Hall–Kier alpha value is -4.68. The van der Waals surface area contributed by atoms with Crippen LogP contribution in [0.2, 0.25) is 5.15 Å². The summed E-state index contributed by atoms with van der Waals surface area (Å²) in [5.74, 6) is -3.65. The van der Waals surface area contributed by atoms with E-state index < -0.39 is 28.1 Å². The Morgan fingerprint density at radius 3 is 2.19 bits per heavy atom. The summed E-state index contributed by atoms with van der Waals surface area (Å²) < 4.78 is 64.7. The number of carbonyl (C=O) groups is 2. The number of nitrogens with one attached hydrogen (secondary N) is 2. The number of carboxylic acid groups (broad SMARTS) is 1. The Morgan fingerprint density at radius 2 is 1.62 bits per heavy atom. The molecule has 0 bridgehead atoms. The number of aromatic nitrogens is 2. The first-order chi connectivity index (χ1) is 19.6. The quantitative estimate of drug-likeness (QED) is 0.112. The van der Waals surface area contributed by atoms with Crippen LogP contribution >= 0.6 is 11.6 Å². The maximum Gasteiger partial charge on any atom is 0.490 e. The predicted molar refractivity (Wildman–Crippen MR) is 146 cm³/mol. The zero-order chi connectivity index (χ0) is 31.5. The number of amides is 1. The highest BCUT2D eigenvalue weighted by atomic mass is 35.5. The molecule has 0 aliphatic carbocycles. The third-order valence-electron chi connectivity index (χ3n) is 4.67. The van der Waals surface area contributed by atoms with Gasteiger partial charge >= 0.3 is 12.1 Å². The molecule has 0 atom stereocenters. The minimum absolute atomic E-state index is 0.0483. The Morgan fingerprint density at radius 1 is 1.02 bits per heavy atom. The van der Waals surface area contributed by atoms with Gasteiger partial charge in [0.1, 0.15) is 12.4 Å². The fraction of sp³-hybridized carbons (Fsp3) is 0.174. The van der Waals surface area contributed by atoms with Crippen molar-refractivity contribution in [2.45, 2.75) is 17.7 Å². The Labute approximate surface area is 241 Å². The molecule has 0 spiro atoms. The van der Waals surface area contributed by atoms with Crippen molar-refractivity contribution >= 4 is 51.1 Å². The van der Waals surface area contributed by atoms with Crippen molar-refractivity contribution in [2.75, 3.05) is 24.6 Å². The molecule has 226 valence electrons. The number of nitrogens with zero attached hydrogens (tertiary/aromatic N) is 3. The number of anilines is 2. The normalized spacial score (nSPS) is 11.7. The van der Waals surface area contributed by atoms with Crippen LogP contribution in [0, 0.1) is 0 Å². The fourth-order valence-electron chi connectivity index (χ4n) is 2.72. The van der Waals surface area contributed by atoms with Gasteiger partial charge in [-0.15, -0.1) is 0 Å². The molecule has 0 saturated carbocycles. The number of aliphatic imine (C=N–C) groups is 1. The van der Waals surface area contributed by atoms with Crippen molar-refractivity contribution < 1.29 is 41.0 Å². The van der Waals surface area contributed by atoms with Crippen LogP contribution in [0.3, 0.4) is 0 Å². The SMILES string of the molecule is NC(=NCCNS(=O)(=O)c1ccc(OCc2ccccc2)cc1)NC(=O)c1nc(Cl)c(N)nc1N.O=C(O)C(F)(F)F. The summed E-state index contributed by atoms with van der Waals surface area (Å²) in [4.78, 5) is 32.5. The highest BCUT2D eigenvalue weighted by Crippen LogP contribution is 2.18. The molecule has 2 aromatic carbocycles. The number of nitrogens with two attached hydrogens (primary N) is 3. The van der Waals surface area contributed by atoms with Crippen molar-refractivity contribution in [2.24, 2.45) is 10.7 Å². The largest absolute Gasteiger partial charge is 0.490 e. The van der Waals surface area contributed by atoms with E-state index >= 15 is 0 Å². The molecular formula is C23H24ClF3N8O6S. The van der Waals surface area contributed by atoms with Crippen molar-refractivity contribution in [3.05, 3.63) is 71.0 Å². The molecule has 42 heavy (non-hydrogen) atoms. The Bertz CT molecular complexity index is 1530. The Kier molecular flexibility index (Phi) is 11.8. The highest BCUT2D eigenvalue weighted by Gasteiger charge is 2.38. The van der Waals surface area contributed by atoms with E-state index in [4.69, 9.17) is 43.4 Å². The lowest BCUT2D eigenvalue weighted by molar-refractivity contribution is -0.192. The van der Waals surface area contributed by atoms with Gasteiger partial charge in [0.25, 0.3) is 5.91 Å². The number of ether oxygens (including phenoxy) is 1. The number of carboxylic acids is 1. The summed E-state index contributed by atoms with van der Waals surface area (Å²) in [5, 5.41) is 9.19. The number of sulfonamides is 1.